The first kappa shape index (κ1) is 17.0. The zero-order valence-electron chi connectivity index (χ0n) is 13.5. The summed E-state index contributed by atoms with van der Waals surface area (Å²) in [5.41, 5.74) is 2.89. The average Bonchev–Trinajstić information content (AvgIpc) is 2.58. The van der Waals surface area contributed by atoms with Gasteiger partial charge in [0.25, 0.3) is 0 Å². The van der Waals surface area contributed by atoms with E-state index in [1.54, 1.807) is 26.3 Å². The van der Waals surface area contributed by atoms with E-state index in [2.05, 4.69) is 15.6 Å². The lowest BCUT2D eigenvalue weighted by atomic mass is 10.1. The van der Waals surface area contributed by atoms with Crippen LogP contribution >= 0.6 is 0 Å². The van der Waals surface area contributed by atoms with E-state index in [1.807, 2.05) is 30.3 Å². The highest BCUT2D eigenvalue weighted by atomic mass is 19.1. The number of benzene rings is 2. The van der Waals surface area contributed by atoms with Crippen LogP contribution in [-0.2, 0) is 24.4 Å². The van der Waals surface area contributed by atoms with Gasteiger partial charge in [0.05, 0.1) is 6.61 Å². The van der Waals surface area contributed by atoms with Gasteiger partial charge in [-0.15, -0.1) is 0 Å². The van der Waals surface area contributed by atoms with Gasteiger partial charge in [0.1, 0.15) is 5.82 Å². The van der Waals surface area contributed by atoms with Gasteiger partial charge in [-0.2, -0.15) is 0 Å². The Morgan fingerprint density at radius 3 is 2.30 bits per heavy atom. The molecule has 23 heavy (non-hydrogen) atoms. The fraction of sp³-hybridized carbons (Fsp3) is 0.278. The van der Waals surface area contributed by atoms with Gasteiger partial charge < -0.3 is 15.4 Å². The molecule has 0 aliphatic carbocycles. The van der Waals surface area contributed by atoms with Gasteiger partial charge in [-0.05, 0) is 17.2 Å². The summed E-state index contributed by atoms with van der Waals surface area (Å²) in [5, 5.41) is 6.32. The number of hydrogen-bond donors (Lipinski definition) is 2. The molecule has 0 bridgehead atoms. The Kier molecular flexibility index (Phi) is 6.56. The van der Waals surface area contributed by atoms with Crippen molar-refractivity contribution in [1.29, 1.82) is 0 Å². The van der Waals surface area contributed by atoms with Crippen LogP contribution in [0.4, 0.5) is 4.39 Å². The SMILES string of the molecule is CN=C(NCc1ccc(COC)cc1)NCc1ccccc1F. The van der Waals surface area contributed by atoms with Gasteiger partial charge in [0.2, 0.25) is 0 Å². The van der Waals surface area contributed by atoms with E-state index < -0.39 is 0 Å². The van der Waals surface area contributed by atoms with Crippen LogP contribution in [0.15, 0.2) is 53.5 Å². The van der Waals surface area contributed by atoms with Crippen LogP contribution in [0.25, 0.3) is 0 Å². The highest BCUT2D eigenvalue weighted by Crippen LogP contribution is 2.06. The van der Waals surface area contributed by atoms with Crippen molar-refractivity contribution in [2.24, 2.45) is 4.99 Å². The topological polar surface area (TPSA) is 45.7 Å². The van der Waals surface area contributed by atoms with Crippen molar-refractivity contribution in [3.05, 3.63) is 71.0 Å². The molecule has 0 unspecified atom stereocenters. The van der Waals surface area contributed by atoms with Crippen LogP contribution in [0.2, 0.25) is 0 Å². The smallest absolute Gasteiger partial charge is 0.191 e. The van der Waals surface area contributed by atoms with Crippen molar-refractivity contribution in [2.45, 2.75) is 19.7 Å². The maximum absolute atomic E-state index is 13.6. The second-order valence-electron chi connectivity index (χ2n) is 5.12. The molecule has 0 fully saturated rings. The number of hydrogen-bond acceptors (Lipinski definition) is 2. The molecule has 0 radical (unpaired) electrons. The predicted molar refractivity (Wildman–Crippen MR) is 90.6 cm³/mol. The van der Waals surface area contributed by atoms with Crippen LogP contribution in [-0.4, -0.2) is 20.1 Å². The van der Waals surface area contributed by atoms with Gasteiger partial charge >= 0.3 is 0 Å². The summed E-state index contributed by atoms with van der Waals surface area (Å²) < 4.78 is 18.7. The van der Waals surface area contributed by atoms with Crippen molar-refractivity contribution in [3.63, 3.8) is 0 Å². The van der Waals surface area contributed by atoms with Crippen LogP contribution in [0.1, 0.15) is 16.7 Å². The fourth-order valence-electron chi connectivity index (χ4n) is 2.15. The first-order chi connectivity index (χ1) is 11.2. The van der Waals surface area contributed by atoms with Crippen LogP contribution in [0.5, 0.6) is 0 Å². The van der Waals surface area contributed by atoms with Gasteiger partial charge in [-0.25, -0.2) is 4.39 Å². The Morgan fingerprint density at radius 2 is 1.65 bits per heavy atom. The molecule has 0 aromatic heterocycles. The molecule has 2 aromatic carbocycles. The lowest BCUT2D eigenvalue weighted by Gasteiger charge is -2.12. The molecule has 0 atom stereocenters. The molecule has 0 aliphatic rings. The summed E-state index contributed by atoms with van der Waals surface area (Å²) in [5.74, 6) is 0.415. The number of nitrogens with one attached hydrogen (secondary N) is 2. The van der Waals surface area contributed by atoms with E-state index in [0.717, 1.165) is 11.1 Å². The Balaban J connectivity index is 1.84. The van der Waals surface area contributed by atoms with E-state index in [1.165, 1.54) is 6.07 Å². The van der Waals surface area contributed by atoms with Crippen LogP contribution in [0, 0.1) is 5.82 Å². The molecule has 0 heterocycles. The fourth-order valence-corrected chi connectivity index (χ4v) is 2.15. The number of ether oxygens (including phenoxy) is 1. The highest BCUT2D eigenvalue weighted by Gasteiger charge is 2.03. The molecule has 0 saturated heterocycles. The third-order valence-corrected chi connectivity index (χ3v) is 3.42. The quantitative estimate of drug-likeness (QED) is 0.636. The predicted octanol–water partition coefficient (Wildman–Crippen LogP) is 2.84. The lowest BCUT2D eigenvalue weighted by molar-refractivity contribution is 0.185. The molecule has 122 valence electrons. The van der Waals surface area contributed by atoms with Crippen molar-refractivity contribution in [2.75, 3.05) is 14.2 Å². The number of guanidine groups is 1. The van der Waals surface area contributed by atoms with E-state index >= 15 is 0 Å². The van der Waals surface area contributed by atoms with E-state index in [-0.39, 0.29) is 5.82 Å². The van der Waals surface area contributed by atoms with E-state index in [0.29, 0.717) is 31.2 Å². The molecule has 0 saturated carbocycles. The molecule has 0 aliphatic heterocycles. The van der Waals surface area contributed by atoms with Gasteiger partial charge in [0.15, 0.2) is 5.96 Å². The Labute approximate surface area is 136 Å². The summed E-state index contributed by atoms with van der Waals surface area (Å²) in [4.78, 5) is 4.15. The van der Waals surface area contributed by atoms with Gasteiger partial charge in [-0.3, -0.25) is 4.99 Å². The summed E-state index contributed by atoms with van der Waals surface area (Å²) >= 11 is 0. The average molecular weight is 315 g/mol. The van der Waals surface area contributed by atoms with Crippen molar-refractivity contribution in [1.82, 2.24) is 10.6 Å². The maximum Gasteiger partial charge on any atom is 0.191 e. The third kappa shape index (κ3) is 5.38. The Hall–Kier alpha value is -2.40. The molecule has 0 spiro atoms. The minimum atomic E-state index is -0.218. The van der Waals surface area contributed by atoms with E-state index in [4.69, 9.17) is 4.74 Å². The largest absolute Gasteiger partial charge is 0.380 e. The summed E-state index contributed by atoms with van der Waals surface area (Å²) in [6.45, 7) is 1.64. The zero-order valence-corrected chi connectivity index (χ0v) is 13.5. The summed E-state index contributed by atoms with van der Waals surface area (Å²) in [6, 6.07) is 14.9. The first-order valence-electron chi connectivity index (χ1n) is 7.47. The minimum Gasteiger partial charge on any atom is -0.380 e. The number of rotatable bonds is 6. The Bertz CT molecular complexity index is 641. The molecule has 2 aromatic rings. The van der Waals surface area contributed by atoms with Crippen molar-refractivity contribution < 1.29 is 9.13 Å². The normalized spacial score (nSPS) is 11.3. The van der Waals surface area contributed by atoms with Gasteiger partial charge in [0, 0.05) is 32.8 Å². The maximum atomic E-state index is 13.6. The van der Waals surface area contributed by atoms with E-state index in [9.17, 15) is 4.39 Å². The lowest BCUT2D eigenvalue weighted by Crippen LogP contribution is -2.36. The van der Waals surface area contributed by atoms with Crippen molar-refractivity contribution >= 4 is 5.96 Å². The first-order valence-corrected chi connectivity index (χ1v) is 7.47. The molecule has 4 nitrogen and oxygen atoms in total. The van der Waals surface area contributed by atoms with Gasteiger partial charge in [-0.1, -0.05) is 42.5 Å². The number of halogens is 1. The second kappa shape index (κ2) is 8.90. The highest BCUT2D eigenvalue weighted by molar-refractivity contribution is 5.79. The Morgan fingerprint density at radius 1 is 1.00 bits per heavy atom. The minimum absolute atomic E-state index is 0.218. The number of aliphatic imine (C=N–C) groups is 1. The van der Waals surface area contributed by atoms with Crippen molar-refractivity contribution in [3.8, 4) is 0 Å². The third-order valence-electron chi connectivity index (χ3n) is 3.42. The molecule has 5 heteroatoms. The monoisotopic (exact) mass is 315 g/mol. The molecule has 2 N–H and O–H groups in total. The summed E-state index contributed by atoms with van der Waals surface area (Å²) in [6.07, 6.45) is 0. The van der Waals surface area contributed by atoms with Crippen LogP contribution < -0.4 is 10.6 Å². The zero-order chi connectivity index (χ0) is 16.5. The number of nitrogens with zero attached hydrogens (tertiary/aromatic N) is 1. The summed E-state index contributed by atoms with van der Waals surface area (Å²) in [7, 11) is 3.37. The molecular weight excluding hydrogens is 293 g/mol. The standard InChI is InChI=1S/C18H22FN3O/c1-20-18(22-12-16-5-3-4-6-17(16)19)21-11-14-7-9-15(10-8-14)13-23-2/h3-10H,11-13H2,1-2H3,(H2,20,21,22). The molecular formula is C18H22FN3O. The van der Waals surface area contributed by atoms with Crippen LogP contribution in [0.3, 0.4) is 0 Å². The molecule has 0 amide bonds. The molecule has 2 rings (SSSR count). The number of methoxy groups -OCH3 is 1. The second-order valence-corrected chi connectivity index (χ2v) is 5.12.